The van der Waals surface area contributed by atoms with Crippen LogP contribution in [0.4, 0.5) is 0 Å². The molecule has 1 aromatic carbocycles. The van der Waals surface area contributed by atoms with Crippen LogP contribution >= 0.6 is 7.44 Å². The monoisotopic (exact) mass is 464 g/mol. The SMILES string of the molecule is COC(=O)C(CC(C)C)N1CC=CCN([C@@H](CC(C)C)C(=O)OC)P1(=O)c1ccccc1. The normalized spacial score (nSPS) is 21.9. The fraction of sp³-hybridized carbons (Fsp3) is 0.583. The summed E-state index contributed by atoms with van der Waals surface area (Å²) in [6, 6.07) is 7.70. The number of hydrogen-bond acceptors (Lipinski definition) is 5. The van der Waals surface area contributed by atoms with E-state index in [-0.39, 0.29) is 11.8 Å². The number of hydrogen-bond donors (Lipinski definition) is 0. The minimum atomic E-state index is -3.59. The summed E-state index contributed by atoms with van der Waals surface area (Å²) in [7, 11) is -0.882. The molecule has 1 heterocycles. The smallest absolute Gasteiger partial charge is 0.323 e. The molecule has 178 valence electrons. The van der Waals surface area contributed by atoms with Gasteiger partial charge in [0.05, 0.1) is 14.2 Å². The highest BCUT2D eigenvalue weighted by Gasteiger charge is 2.49. The zero-order valence-corrected chi connectivity index (χ0v) is 21.0. The van der Waals surface area contributed by atoms with Gasteiger partial charge in [-0.15, -0.1) is 0 Å². The van der Waals surface area contributed by atoms with Gasteiger partial charge < -0.3 is 9.47 Å². The number of benzene rings is 1. The Morgan fingerprint density at radius 1 is 0.844 bits per heavy atom. The van der Waals surface area contributed by atoms with E-state index in [1.807, 2.05) is 58.0 Å². The fourth-order valence-electron chi connectivity index (χ4n) is 4.13. The van der Waals surface area contributed by atoms with Gasteiger partial charge in [0, 0.05) is 18.4 Å². The molecular formula is C24H37N2O5P. The number of esters is 2. The van der Waals surface area contributed by atoms with Crippen molar-refractivity contribution in [3.05, 3.63) is 42.5 Å². The maximum atomic E-state index is 15.2. The first-order chi connectivity index (χ1) is 15.2. The number of methoxy groups -OCH3 is 2. The quantitative estimate of drug-likeness (QED) is 0.312. The van der Waals surface area contributed by atoms with Crippen molar-refractivity contribution in [2.45, 2.75) is 52.6 Å². The average molecular weight is 465 g/mol. The number of rotatable bonds is 9. The number of carbonyl (C=O) groups excluding carboxylic acids is 2. The van der Waals surface area contributed by atoms with Gasteiger partial charge in [-0.1, -0.05) is 58.0 Å². The zero-order chi connectivity index (χ0) is 23.9. The summed E-state index contributed by atoms with van der Waals surface area (Å²) in [6.07, 6.45) is 4.79. The molecule has 7 nitrogen and oxygen atoms in total. The molecule has 2 unspecified atom stereocenters. The third-order valence-electron chi connectivity index (χ3n) is 5.60. The summed E-state index contributed by atoms with van der Waals surface area (Å²) in [5.74, 6) is -0.501. The van der Waals surface area contributed by atoms with Crippen LogP contribution in [0.2, 0.25) is 0 Å². The summed E-state index contributed by atoms with van der Waals surface area (Å²) >= 11 is 0. The van der Waals surface area contributed by atoms with Crippen molar-refractivity contribution in [2.24, 2.45) is 11.8 Å². The molecule has 0 aromatic heterocycles. The van der Waals surface area contributed by atoms with E-state index in [2.05, 4.69) is 0 Å². The van der Waals surface area contributed by atoms with E-state index in [0.29, 0.717) is 31.2 Å². The summed E-state index contributed by atoms with van der Waals surface area (Å²) in [5.41, 5.74) is 0. The maximum Gasteiger partial charge on any atom is 0.323 e. The van der Waals surface area contributed by atoms with E-state index in [4.69, 9.17) is 9.47 Å². The summed E-state index contributed by atoms with van der Waals surface area (Å²) in [6.45, 7) is 8.70. The van der Waals surface area contributed by atoms with Gasteiger partial charge in [-0.3, -0.25) is 14.2 Å². The van der Waals surface area contributed by atoms with Crippen molar-refractivity contribution >= 4 is 24.7 Å². The molecule has 0 saturated carbocycles. The summed E-state index contributed by atoms with van der Waals surface area (Å²) in [4.78, 5) is 25.8. The highest BCUT2D eigenvalue weighted by atomic mass is 31.2. The van der Waals surface area contributed by atoms with Crippen molar-refractivity contribution in [1.82, 2.24) is 9.34 Å². The number of carbonyl (C=O) groups is 2. The first kappa shape index (κ1) is 26.3. The van der Waals surface area contributed by atoms with Crippen LogP contribution in [0.25, 0.3) is 0 Å². The first-order valence-corrected chi connectivity index (χ1v) is 12.8. The van der Waals surface area contributed by atoms with Crippen LogP contribution in [0.15, 0.2) is 42.5 Å². The van der Waals surface area contributed by atoms with Crippen molar-refractivity contribution < 1.29 is 23.6 Å². The van der Waals surface area contributed by atoms with E-state index in [1.54, 1.807) is 21.5 Å². The van der Waals surface area contributed by atoms with E-state index < -0.39 is 31.5 Å². The molecule has 0 saturated heterocycles. The van der Waals surface area contributed by atoms with E-state index in [9.17, 15) is 9.59 Å². The molecule has 0 amide bonds. The van der Waals surface area contributed by atoms with Crippen LogP contribution in [-0.2, 0) is 23.6 Å². The molecule has 0 fully saturated rings. The summed E-state index contributed by atoms with van der Waals surface area (Å²) < 4.78 is 28.9. The van der Waals surface area contributed by atoms with Gasteiger partial charge in [-0.25, -0.2) is 9.34 Å². The lowest BCUT2D eigenvalue weighted by atomic mass is 10.0. The van der Waals surface area contributed by atoms with E-state index >= 15 is 4.57 Å². The van der Waals surface area contributed by atoms with E-state index in [1.165, 1.54) is 14.2 Å². The summed E-state index contributed by atoms with van der Waals surface area (Å²) in [5, 5.41) is 0.582. The van der Waals surface area contributed by atoms with Gasteiger partial charge in [-0.2, -0.15) is 0 Å². The lowest BCUT2D eigenvalue weighted by Gasteiger charge is -2.43. The van der Waals surface area contributed by atoms with Crippen molar-refractivity contribution in [3.63, 3.8) is 0 Å². The Labute approximate surface area is 192 Å². The van der Waals surface area contributed by atoms with Crippen LogP contribution in [-0.4, -0.2) is 60.7 Å². The molecule has 1 aliphatic rings. The van der Waals surface area contributed by atoms with Crippen LogP contribution < -0.4 is 5.30 Å². The number of nitrogens with zero attached hydrogens (tertiary/aromatic N) is 2. The van der Waals surface area contributed by atoms with Crippen LogP contribution in [0.3, 0.4) is 0 Å². The van der Waals surface area contributed by atoms with Crippen molar-refractivity contribution in [3.8, 4) is 0 Å². The first-order valence-electron chi connectivity index (χ1n) is 11.2. The standard InChI is InChI=1S/C24H37N2O5P/c1-18(2)16-21(23(27)30-5)25-14-10-11-15-26(22(17-19(3)4)24(28)31-6)32(25,29)20-12-8-7-9-13-20/h7-13,18-19,21-22H,14-17H2,1-6H3/t21-,22?,32?/m0/s1. The Kier molecular flexibility index (Phi) is 9.68. The molecule has 0 bridgehead atoms. The minimum absolute atomic E-state index is 0.177. The third-order valence-corrected chi connectivity index (χ3v) is 8.84. The van der Waals surface area contributed by atoms with Gasteiger partial charge >= 0.3 is 11.9 Å². The van der Waals surface area contributed by atoms with Gasteiger partial charge in [0.15, 0.2) is 0 Å². The second-order valence-electron chi connectivity index (χ2n) is 8.93. The average Bonchev–Trinajstić information content (AvgIpc) is 2.94. The lowest BCUT2D eigenvalue weighted by molar-refractivity contribution is -0.145. The van der Waals surface area contributed by atoms with E-state index in [0.717, 1.165) is 0 Å². The molecule has 3 atom stereocenters. The molecule has 1 aromatic rings. The molecule has 1 aliphatic heterocycles. The molecular weight excluding hydrogens is 427 g/mol. The second kappa shape index (κ2) is 11.8. The van der Waals surface area contributed by atoms with Gasteiger partial charge in [0.1, 0.15) is 12.1 Å². The Bertz CT molecular complexity index is 794. The molecule has 0 radical (unpaired) electrons. The van der Waals surface area contributed by atoms with Crippen molar-refractivity contribution in [1.29, 1.82) is 0 Å². The number of ether oxygens (including phenoxy) is 2. The third kappa shape index (κ3) is 5.89. The molecule has 0 aliphatic carbocycles. The Balaban J connectivity index is 2.74. The predicted octanol–water partition coefficient (Wildman–Crippen LogP) is 3.85. The predicted molar refractivity (Wildman–Crippen MR) is 127 cm³/mol. The highest BCUT2D eigenvalue weighted by Crippen LogP contribution is 2.56. The largest absolute Gasteiger partial charge is 0.468 e. The van der Waals surface area contributed by atoms with Gasteiger partial charge in [0.25, 0.3) is 0 Å². The fourth-order valence-corrected chi connectivity index (χ4v) is 7.34. The molecule has 32 heavy (non-hydrogen) atoms. The maximum absolute atomic E-state index is 15.2. The molecule has 0 N–H and O–H groups in total. The molecule has 8 heteroatoms. The van der Waals surface area contributed by atoms with Gasteiger partial charge in [-0.05, 0) is 36.8 Å². The Hall–Kier alpha value is -1.95. The second-order valence-corrected chi connectivity index (χ2v) is 11.6. The Morgan fingerprint density at radius 3 is 1.59 bits per heavy atom. The van der Waals surface area contributed by atoms with Crippen LogP contribution in [0.5, 0.6) is 0 Å². The van der Waals surface area contributed by atoms with Crippen molar-refractivity contribution in [2.75, 3.05) is 27.3 Å². The molecule has 0 spiro atoms. The van der Waals surface area contributed by atoms with Crippen LogP contribution in [0.1, 0.15) is 40.5 Å². The van der Waals surface area contributed by atoms with Crippen LogP contribution in [0, 0.1) is 11.8 Å². The Morgan fingerprint density at radius 2 is 1.25 bits per heavy atom. The minimum Gasteiger partial charge on any atom is -0.468 e. The zero-order valence-electron chi connectivity index (χ0n) is 20.1. The highest BCUT2D eigenvalue weighted by molar-refractivity contribution is 7.67. The molecule has 2 rings (SSSR count). The van der Waals surface area contributed by atoms with Gasteiger partial charge in [0.2, 0.25) is 7.44 Å². The topological polar surface area (TPSA) is 76.2 Å². The lowest BCUT2D eigenvalue weighted by Crippen LogP contribution is -2.50.